The van der Waals surface area contributed by atoms with Gasteiger partial charge in [0.25, 0.3) is 0 Å². The molecule has 1 aromatic carbocycles. The van der Waals surface area contributed by atoms with E-state index >= 15 is 0 Å². The van der Waals surface area contributed by atoms with E-state index in [1.54, 1.807) is 6.07 Å². The third-order valence-electron chi connectivity index (χ3n) is 3.42. The zero-order valence-corrected chi connectivity index (χ0v) is 13.6. The van der Waals surface area contributed by atoms with E-state index in [2.05, 4.69) is 27.3 Å². The molecule has 1 aliphatic rings. The number of carbonyl (C=O) groups is 1. The van der Waals surface area contributed by atoms with Gasteiger partial charge < -0.3 is 24.3 Å². The molecule has 0 amide bonds. The zero-order valence-electron chi connectivity index (χ0n) is 12.8. The monoisotopic (exact) mass is 339 g/mol. The van der Waals surface area contributed by atoms with Gasteiger partial charge in [-0.25, -0.2) is 10.0 Å². The van der Waals surface area contributed by atoms with E-state index in [1.165, 1.54) is 7.11 Å². The van der Waals surface area contributed by atoms with Gasteiger partial charge in [-0.2, -0.15) is 0 Å². The number of carbonyl (C=O) groups excluding carboxylic acids is 1. The van der Waals surface area contributed by atoms with Crippen molar-refractivity contribution in [1.29, 1.82) is 0 Å². The Labute approximate surface area is 139 Å². The van der Waals surface area contributed by atoms with Gasteiger partial charge in [0, 0.05) is 31.8 Å². The van der Waals surface area contributed by atoms with Crippen LogP contribution in [0.25, 0.3) is 10.9 Å². The zero-order chi connectivity index (χ0) is 16.7. The summed E-state index contributed by atoms with van der Waals surface area (Å²) >= 11 is 4.14. The molecule has 4 N–H and O–H groups in total. The highest BCUT2D eigenvalue weighted by molar-refractivity contribution is 6.61. The Hall–Kier alpha value is -1.58. The van der Waals surface area contributed by atoms with Crippen molar-refractivity contribution in [3.05, 3.63) is 30.0 Å². The fourth-order valence-electron chi connectivity index (χ4n) is 2.36. The van der Waals surface area contributed by atoms with Crippen LogP contribution in [0, 0.1) is 0 Å². The molecule has 0 atom stereocenters. The van der Waals surface area contributed by atoms with Crippen LogP contribution in [0.4, 0.5) is 0 Å². The number of aromatic amines is 1. The molecule has 0 aliphatic carbocycles. The predicted octanol–water partition coefficient (Wildman–Crippen LogP) is 0.385. The lowest BCUT2D eigenvalue weighted by atomic mass is 9.78. The molecule has 1 aromatic heterocycles. The molecule has 1 saturated heterocycles. The number of benzene rings is 1. The van der Waals surface area contributed by atoms with Crippen LogP contribution in [0.1, 0.15) is 10.5 Å². The van der Waals surface area contributed by atoms with Crippen molar-refractivity contribution in [2.24, 2.45) is 5.25 Å². The second-order valence-electron chi connectivity index (χ2n) is 4.84. The van der Waals surface area contributed by atoms with Gasteiger partial charge in [0.2, 0.25) is 0 Å². The summed E-state index contributed by atoms with van der Waals surface area (Å²) in [6, 6.07) is 7.60. The van der Waals surface area contributed by atoms with Crippen LogP contribution in [-0.4, -0.2) is 51.5 Å². The van der Waals surface area contributed by atoms with Gasteiger partial charge in [0.05, 0.1) is 7.11 Å². The maximum Gasteiger partial charge on any atom is 0.493 e. The highest BCUT2D eigenvalue weighted by atomic mass is 35.5. The van der Waals surface area contributed by atoms with Crippen molar-refractivity contribution in [1.82, 2.24) is 10.3 Å². The minimum atomic E-state index is -0.378. The van der Waals surface area contributed by atoms with Crippen molar-refractivity contribution in [3.8, 4) is 0 Å². The van der Waals surface area contributed by atoms with E-state index in [4.69, 9.17) is 14.0 Å². The van der Waals surface area contributed by atoms with Crippen LogP contribution >= 0.6 is 11.8 Å². The molecule has 0 radical (unpaired) electrons. The first-order valence-electron chi connectivity index (χ1n) is 7.14. The van der Waals surface area contributed by atoms with Crippen molar-refractivity contribution >= 4 is 41.2 Å². The van der Waals surface area contributed by atoms with Gasteiger partial charge in [0.1, 0.15) is 5.69 Å². The van der Waals surface area contributed by atoms with Gasteiger partial charge >= 0.3 is 13.1 Å². The molecular weight excluding hydrogens is 320 g/mol. The van der Waals surface area contributed by atoms with E-state index in [0.717, 1.165) is 29.5 Å². The number of nitrogens with two attached hydrogens (primary N) is 1. The van der Waals surface area contributed by atoms with E-state index in [0.29, 0.717) is 18.9 Å². The van der Waals surface area contributed by atoms with Crippen molar-refractivity contribution in [2.75, 3.05) is 33.4 Å². The van der Waals surface area contributed by atoms with Gasteiger partial charge in [0.15, 0.2) is 0 Å². The summed E-state index contributed by atoms with van der Waals surface area (Å²) in [5.74, 6) is -0.378. The minimum Gasteiger partial charge on any atom is -0.464 e. The number of fused-ring (bicyclic) bond motifs is 1. The summed E-state index contributed by atoms with van der Waals surface area (Å²) in [5, 5.41) is 8.11. The molecule has 2 heterocycles. The first-order valence-corrected chi connectivity index (χ1v) is 7.58. The Morgan fingerprint density at radius 1 is 1.26 bits per heavy atom. The molecule has 0 spiro atoms. The molecule has 0 saturated carbocycles. The molecule has 9 heteroatoms. The van der Waals surface area contributed by atoms with E-state index < -0.39 is 0 Å². The average molecular weight is 340 g/mol. The largest absolute Gasteiger partial charge is 0.493 e. The topological polar surface area (TPSA) is 98.6 Å². The predicted molar refractivity (Wildman–Crippen MR) is 89.8 cm³/mol. The molecule has 2 aromatic rings. The van der Waals surface area contributed by atoms with Gasteiger partial charge in [-0.05, 0) is 34.8 Å². The fourth-order valence-corrected chi connectivity index (χ4v) is 2.36. The molecule has 23 heavy (non-hydrogen) atoms. The standard InChI is InChI=1S/C14H17BN2O4.ClH2N/c1-19-14(18)13-9-10-8-11(2-3-12(10)17-13)15-20-6-4-16-5-7-21-15;1-2/h2-3,8-9,16-17H,4-7H2,1H3;2H2. The maximum atomic E-state index is 11.5. The number of H-pyrrole nitrogens is 1. The molecule has 7 nitrogen and oxygen atoms in total. The number of hydrogen-bond acceptors (Lipinski definition) is 6. The summed E-state index contributed by atoms with van der Waals surface area (Å²) in [6.45, 7) is 2.84. The van der Waals surface area contributed by atoms with Crippen molar-refractivity contribution in [2.45, 2.75) is 0 Å². The first kappa shape index (κ1) is 17.8. The summed E-state index contributed by atoms with van der Waals surface area (Å²) in [4.78, 5) is 14.6. The lowest BCUT2D eigenvalue weighted by Gasteiger charge is -2.18. The lowest BCUT2D eigenvalue weighted by molar-refractivity contribution is 0.0595. The van der Waals surface area contributed by atoms with Gasteiger partial charge in [-0.1, -0.05) is 12.1 Å². The Kier molecular flexibility index (Phi) is 6.88. The van der Waals surface area contributed by atoms with Crippen LogP contribution in [0.5, 0.6) is 0 Å². The molecule has 1 aliphatic heterocycles. The Bertz CT molecular complexity index is 644. The van der Waals surface area contributed by atoms with Crippen LogP contribution < -0.4 is 16.0 Å². The minimum absolute atomic E-state index is 0.368. The number of ether oxygens (including phenoxy) is 1. The van der Waals surface area contributed by atoms with Crippen LogP contribution in [0.3, 0.4) is 0 Å². The number of hydrogen-bond donors (Lipinski definition) is 3. The molecule has 0 unspecified atom stereocenters. The Balaban J connectivity index is 0.000000924. The highest BCUT2D eigenvalue weighted by Gasteiger charge is 2.23. The third-order valence-corrected chi connectivity index (χ3v) is 3.42. The number of esters is 1. The van der Waals surface area contributed by atoms with Gasteiger partial charge in [-0.3, -0.25) is 0 Å². The second-order valence-corrected chi connectivity index (χ2v) is 4.84. The van der Waals surface area contributed by atoms with Crippen molar-refractivity contribution in [3.63, 3.8) is 0 Å². The van der Waals surface area contributed by atoms with E-state index in [1.807, 2.05) is 18.2 Å². The molecule has 124 valence electrons. The lowest BCUT2D eigenvalue weighted by Crippen LogP contribution is -2.43. The second kappa shape index (κ2) is 8.90. The van der Waals surface area contributed by atoms with Gasteiger partial charge in [-0.15, -0.1) is 0 Å². The summed E-state index contributed by atoms with van der Waals surface area (Å²) in [7, 11) is 0.997. The average Bonchev–Trinajstić information content (AvgIpc) is 2.99. The normalized spacial score (nSPS) is 15.3. The summed E-state index contributed by atoms with van der Waals surface area (Å²) < 4.78 is 16.1. The molecule has 1 fully saturated rings. The smallest absolute Gasteiger partial charge is 0.464 e. The number of rotatable bonds is 2. The van der Waals surface area contributed by atoms with Crippen LogP contribution in [-0.2, 0) is 14.0 Å². The number of halogens is 1. The molecule has 3 rings (SSSR count). The molecule has 0 bridgehead atoms. The Morgan fingerprint density at radius 3 is 2.61 bits per heavy atom. The number of aromatic nitrogens is 1. The van der Waals surface area contributed by atoms with Crippen LogP contribution in [0.2, 0.25) is 0 Å². The number of nitrogens with one attached hydrogen (secondary N) is 2. The quantitative estimate of drug-likeness (QED) is 0.416. The highest BCUT2D eigenvalue weighted by Crippen LogP contribution is 2.15. The first-order chi connectivity index (χ1) is 11.3. The SMILES string of the molecule is COC(=O)c1cc2cc(B3OCCNCCO3)ccc2[nH]1.NCl. The fraction of sp³-hybridized carbons (Fsp3) is 0.357. The third kappa shape index (κ3) is 4.46. The van der Waals surface area contributed by atoms with E-state index in [-0.39, 0.29) is 13.1 Å². The summed E-state index contributed by atoms with van der Waals surface area (Å²) in [5.41, 5.74) is 2.26. The molecular formula is C14H19BClN3O4. The Morgan fingerprint density at radius 2 is 1.96 bits per heavy atom. The van der Waals surface area contributed by atoms with E-state index in [9.17, 15) is 4.79 Å². The maximum absolute atomic E-state index is 11.5. The van der Waals surface area contributed by atoms with Crippen molar-refractivity contribution < 1.29 is 18.8 Å². The summed E-state index contributed by atoms with van der Waals surface area (Å²) in [6.07, 6.45) is 0. The van der Waals surface area contributed by atoms with Crippen LogP contribution in [0.15, 0.2) is 24.3 Å². The number of methoxy groups -OCH3 is 1.